The zero-order chi connectivity index (χ0) is 13.8. The monoisotopic (exact) mass is 280 g/mol. The second-order valence-electron chi connectivity index (χ2n) is 3.93. The maximum atomic E-state index is 13.0. The van der Waals surface area contributed by atoms with Crippen LogP contribution < -0.4 is 5.32 Å². The highest BCUT2D eigenvalue weighted by Crippen LogP contribution is 2.20. The van der Waals surface area contributed by atoms with Gasteiger partial charge in [0.25, 0.3) is 0 Å². The molecule has 19 heavy (non-hydrogen) atoms. The maximum absolute atomic E-state index is 13.0. The molecule has 6 heteroatoms. The second kappa shape index (κ2) is 5.79. The van der Waals surface area contributed by atoms with Gasteiger partial charge in [-0.3, -0.25) is 0 Å². The van der Waals surface area contributed by atoms with Crippen LogP contribution in [0.5, 0.6) is 0 Å². The number of nitrogens with one attached hydrogen (secondary N) is 1. The maximum Gasteiger partial charge on any atom is 0.339 e. The fraction of sp³-hybridized carbons (Fsp3) is 0.231. The molecule has 0 saturated heterocycles. The van der Waals surface area contributed by atoms with Crippen molar-refractivity contribution in [3.05, 3.63) is 45.5 Å². The van der Waals surface area contributed by atoms with Crippen molar-refractivity contribution in [2.75, 3.05) is 5.32 Å². The van der Waals surface area contributed by atoms with E-state index in [4.69, 9.17) is 5.11 Å². The van der Waals surface area contributed by atoms with Crippen molar-refractivity contribution in [3.8, 4) is 0 Å². The number of aromatic nitrogens is 1. The Morgan fingerprint density at radius 1 is 1.58 bits per heavy atom. The smallest absolute Gasteiger partial charge is 0.339 e. The van der Waals surface area contributed by atoms with E-state index in [1.165, 1.54) is 5.56 Å². The predicted molar refractivity (Wildman–Crippen MR) is 72.2 cm³/mol. The number of aryl methyl sites for hydroxylation is 1. The molecular weight excluding hydrogens is 267 g/mol. The highest BCUT2D eigenvalue weighted by molar-refractivity contribution is 7.10. The summed E-state index contributed by atoms with van der Waals surface area (Å²) in [6, 6.07) is 3.00. The van der Waals surface area contributed by atoms with Crippen molar-refractivity contribution in [3.63, 3.8) is 0 Å². The number of nitrogens with zero attached hydrogens (tertiary/aromatic N) is 1. The molecule has 0 unspecified atom stereocenters. The van der Waals surface area contributed by atoms with Gasteiger partial charge in [-0.05, 0) is 29.5 Å². The van der Waals surface area contributed by atoms with E-state index in [-0.39, 0.29) is 11.4 Å². The van der Waals surface area contributed by atoms with Crippen LogP contribution in [-0.2, 0) is 13.0 Å². The van der Waals surface area contributed by atoms with Gasteiger partial charge >= 0.3 is 5.97 Å². The van der Waals surface area contributed by atoms with Crippen LogP contribution in [0.25, 0.3) is 0 Å². The lowest BCUT2D eigenvalue weighted by molar-refractivity contribution is 0.0697. The minimum atomic E-state index is -1.20. The first-order valence-electron chi connectivity index (χ1n) is 5.79. The van der Waals surface area contributed by atoms with Gasteiger partial charge in [0.15, 0.2) is 0 Å². The van der Waals surface area contributed by atoms with Crippen molar-refractivity contribution in [2.45, 2.75) is 19.9 Å². The Hall–Kier alpha value is -1.95. The summed E-state index contributed by atoms with van der Waals surface area (Å²) in [4.78, 5) is 15.9. The number of hydrogen-bond acceptors (Lipinski definition) is 4. The normalized spacial score (nSPS) is 10.4. The number of carboxylic acids is 1. The molecule has 2 rings (SSSR count). The van der Waals surface area contributed by atoms with Gasteiger partial charge in [0.1, 0.15) is 17.2 Å². The van der Waals surface area contributed by atoms with E-state index in [1.54, 1.807) is 11.3 Å². The molecule has 0 aromatic carbocycles. The minimum Gasteiger partial charge on any atom is -0.478 e. The number of anilines is 1. The van der Waals surface area contributed by atoms with Gasteiger partial charge in [0.05, 0.1) is 12.7 Å². The Bertz CT molecular complexity index is 598. The third-order valence-electron chi connectivity index (χ3n) is 2.72. The fourth-order valence-electron chi connectivity index (χ4n) is 1.74. The molecule has 0 aliphatic rings. The number of pyridine rings is 1. The summed E-state index contributed by atoms with van der Waals surface area (Å²) in [5.41, 5.74) is 1.06. The first kappa shape index (κ1) is 13.5. The molecule has 0 saturated carbocycles. The van der Waals surface area contributed by atoms with Crippen LogP contribution >= 0.6 is 11.3 Å². The Morgan fingerprint density at radius 3 is 3.05 bits per heavy atom. The molecule has 0 aliphatic heterocycles. The van der Waals surface area contributed by atoms with Gasteiger partial charge < -0.3 is 10.4 Å². The topological polar surface area (TPSA) is 62.2 Å². The van der Waals surface area contributed by atoms with Crippen LogP contribution in [0.2, 0.25) is 0 Å². The molecule has 0 fully saturated rings. The lowest BCUT2D eigenvalue weighted by Crippen LogP contribution is -2.09. The zero-order valence-corrected chi connectivity index (χ0v) is 11.1. The van der Waals surface area contributed by atoms with Crippen LogP contribution in [0.1, 0.15) is 27.7 Å². The van der Waals surface area contributed by atoms with Gasteiger partial charge in [-0.15, -0.1) is 11.3 Å². The zero-order valence-electron chi connectivity index (χ0n) is 10.3. The van der Waals surface area contributed by atoms with Gasteiger partial charge in [-0.25, -0.2) is 14.2 Å². The molecule has 0 bridgehead atoms. The molecule has 4 nitrogen and oxygen atoms in total. The van der Waals surface area contributed by atoms with Crippen molar-refractivity contribution < 1.29 is 14.3 Å². The largest absolute Gasteiger partial charge is 0.478 e. The average molecular weight is 280 g/mol. The SMILES string of the molecule is CCc1ccsc1CNc1ncc(F)cc1C(=O)O. The molecule has 0 aliphatic carbocycles. The Morgan fingerprint density at radius 2 is 2.37 bits per heavy atom. The van der Waals surface area contributed by atoms with E-state index < -0.39 is 11.8 Å². The van der Waals surface area contributed by atoms with Gasteiger partial charge in [0.2, 0.25) is 0 Å². The minimum absolute atomic E-state index is 0.158. The van der Waals surface area contributed by atoms with Crippen molar-refractivity contribution in [1.82, 2.24) is 4.98 Å². The Labute approximate surface area is 113 Å². The van der Waals surface area contributed by atoms with Gasteiger partial charge in [-0.1, -0.05) is 6.92 Å². The summed E-state index contributed by atoms with van der Waals surface area (Å²) in [6.45, 7) is 2.55. The van der Waals surface area contributed by atoms with E-state index >= 15 is 0 Å². The van der Waals surface area contributed by atoms with Crippen LogP contribution in [-0.4, -0.2) is 16.1 Å². The number of thiophene rings is 1. The van der Waals surface area contributed by atoms with E-state index in [2.05, 4.69) is 17.2 Å². The summed E-state index contributed by atoms with van der Waals surface area (Å²) in [5, 5.41) is 13.9. The number of hydrogen-bond donors (Lipinski definition) is 2. The van der Waals surface area contributed by atoms with Crippen molar-refractivity contribution in [2.24, 2.45) is 0 Å². The molecule has 0 spiro atoms. The molecule has 2 aromatic heterocycles. The van der Waals surface area contributed by atoms with E-state index in [0.717, 1.165) is 23.6 Å². The molecule has 2 aromatic rings. The summed E-state index contributed by atoms with van der Waals surface area (Å²) >= 11 is 1.60. The lowest BCUT2D eigenvalue weighted by Gasteiger charge is -2.08. The number of aromatic carboxylic acids is 1. The highest BCUT2D eigenvalue weighted by Gasteiger charge is 2.13. The highest BCUT2D eigenvalue weighted by atomic mass is 32.1. The van der Waals surface area contributed by atoms with Crippen molar-refractivity contribution >= 4 is 23.1 Å². The van der Waals surface area contributed by atoms with E-state index in [1.807, 2.05) is 11.4 Å². The quantitative estimate of drug-likeness (QED) is 0.883. The van der Waals surface area contributed by atoms with Gasteiger partial charge in [-0.2, -0.15) is 0 Å². The Kier molecular flexibility index (Phi) is 4.11. The fourth-order valence-corrected chi connectivity index (χ4v) is 2.66. The third-order valence-corrected chi connectivity index (χ3v) is 3.68. The molecule has 0 amide bonds. The van der Waals surface area contributed by atoms with Crippen LogP contribution in [0.15, 0.2) is 23.7 Å². The molecular formula is C13H13FN2O2S. The van der Waals surface area contributed by atoms with Gasteiger partial charge in [0, 0.05) is 4.88 Å². The summed E-state index contributed by atoms with van der Waals surface area (Å²) in [6.07, 6.45) is 1.92. The van der Waals surface area contributed by atoms with E-state index in [9.17, 15) is 9.18 Å². The number of carbonyl (C=O) groups is 1. The second-order valence-corrected chi connectivity index (χ2v) is 4.93. The van der Waals surface area contributed by atoms with Crippen molar-refractivity contribution in [1.29, 1.82) is 0 Å². The summed E-state index contributed by atoms with van der Waals surface area (Å²) in [7, 11) is 0. The summed E-state index contributed by atoms with van der Waals surface area (Å²) in [5.74, 6) is -1.67. The van der Waals surface area contributed by atoms with Crippen LogP contribution in [0, 0.1) is 5.82 Å². The molecule has 0 atom stereocenters. The average Bonchev–Trinajstić information content (AvgIpc) is 2.84. The standard InChI is InChI=1S/C13H13FN2O2S/c1-2-8-3-4-19-11(8)7-16-12-10(13(17)18)5-9(14)6-15-12/h3-6H,2,7H2,1H3,(H,15,16)(H,17,18). The number of halogens is 1. The Balaban J connectivity index is 2.18. The van der Waals surface area contributed by atoms with Crippen LogP contribution in [0.3, 0.4) is 0 Å². The third kappa shape index (κ3) is 3.08. The first-order valence-corrected chi connectivity index (χ1v) is 6.67. The molecule has 0 radical (unpaired) electrons. The van der Waals surface area contributed by atoms with Crippen LogP contribution in [0.4, 0.5) is 10.2 Å². The lowest BCUT2D eigenvalue weighted by atomic mass is 10.2. The number of rotatable bonds is 5. The molecule has 2 heterocycles. The first-order chi connectivity index (χ1) is 9.11. The summed E-state index contributed by atoms with van der Waals surface area (Å²) < 4.78 is 13.0. The molecule has 100 valence electrons. The molecule has 2 N–H and O–H groups in total. The number of carboxylic acid groups (broad SMARTS) is 1. The van der Waals surface area contributed by atoms with E-state index in [0.29, 0.717) is 6.54 Å². The predicted octanol–water partition coefficient (Wildman–Crippen LogP) is 3.15.